The normalized spacial score (nSPS) is 12.0. The number of hydrogen-bond acceptors (Lipinski definition) is 3. The predicted molar refractivity (Wildman–Crippen MR) is 68.3 cm³/mol. The molecule has 2 aromatic carbocycles. The lowest BCUT2D eigenvalue weighted by Crippen LogP contribution is -2.29. The number of fused-ring (bicyclic) bond motifs is 1. The number of hydrogen-bond donors (Lipinski definition) is 2. The van der Waals surface area contributed by atoms with Gasteiger partial charge in [-0.2, -0.15) is 0 Å². The van der Waals surface area contributed by atoms with Crippen LogP contribution in [-0.4, -0.2) is 28.3 Å². The second kappa shape index (κ2) is 5.39. The van der Waals surface area contributed by atoms with Gasteiger partial charge in [-0.15, -0.1) is 0 Å². The third-order valence-corrected chi connectivity index (χ3v) is 2.63. The topological polar surface area (TPSA) is 83.8 Å². The largest absolute Gasteiger partial charge is 0.481 e. The van der Waals surface area contributed by atoms with Gasteiger partial charge in [-0.1, -0.05) is 30.3 Å². The Kier molecular flexibility index (Phi) is 3.66. The lowest BCUT2D eigenvalue weighted by Gasteiger charge is -2.13. The first-order chi connectivity index (χ1) is 9.06. The summed E-state index contributed by atoms with van der Waals surface area (Å²) in [5, 5.41) is 19.4. The molecule has 0 aliphatic carbocycles. The summed E-state index contributed by atoms with van der Waals surface area (Å²) in [6.45, 7) is 0. The fourth-order valence-corrected chi connectivity index (χ4v) is 1.74. The van der Waals surface area contributed by atoms with Crippen molar-refractivity contribution in [3.63, 3.8) is 0 Å². The SMILES string of the molecule is O=C(O)CC(Oc1ccc2ccccc2c1)C(=O)O. The number of rotatable bonds is 5. The first-order valence-electron chi connectivity index (χ1n) is 5.66. The second-order valence-corrected chi connectivity index (χ2v) is 4.05. The molecule has 2 rings (SSSR count). The van der Waals surface area contributed by atoms with Crippen molar-refractivity contribution < 1.29 is 24.5 Å². The van der Waals surface area contributed by atoms with Crippen molar-refractivity contribution in [2.45, 2.75) is 12.5 Å². The van der Waals surface area contributed by atoms with Gasteiger partial charge in [-0.25, -0.2) is 4.79 Å². The molecule has 1 atom stereocenters. The van der Waals surface area contributed by atoms with Crippen LogP contribution < -0.4 is 4.74 Å². The summed E-state index contributed by atoms with van der Waals surface area (Å²) in [5.41, 5.74) is 0. The van der Waals surface area contributed by atoms with E-state index < -0.39 is 24.5 Å². The highest BCUT2D eigenvalue weighted by molar-refractivity contribution is 5.84. The van der Waals surface area contributed by atoms with E-state index in [1.807, 2.05) is 24.3 Å². The number of carbonyl (C=O) groups is 2. The zero-order valence-corrected chi connectivity index (χ0v) is 9.95. The highest BCUT2D eigenvalue weighted by atomic mass is 16.5. The molecule has 2 N–H and O–H groups in total. The van der Waals surface area contributed by atoms with E-state index in [0.29, 0.717) is 5.75 Å². The van der Waals surface area contributed by atoms with E-state index in [1.54, 1.807) is 18.2 Å². The van der Waals surface area contributed by atoms with Crippen molar-refractivity contribution in [3.8, 4) is 5.75 Å². The van der Waals surface area contributed by atoms with Crippen molar-refractivity contribution in [1.29, 1.82) is 0 Å². The Morgan fingerprint density at radius 2 is 1.74 bits per heavy atom. The molecule has 0 saturated carbocycles. The van der Waals surface area contributed by atoms with Crippen molar-refractivity contribution >= 4 is 22.7 Å². The maximum absolute atomic E-state index is 10.9. The molecule has 0 heterocycles. The van der Waals surface area contributed by atoms with Crippen LogP contribution in [0.2, 0.25) is 0 Å². The molecule has 0 bridgehead atoms. The van der Waals surface area contributed by atoms with Gasteiger partial charge >= 0.3 is 11.9 Å². The zero-order valence-electron chi connectivity index (χ0n) is 9.95. The first-order valence-corrected chi connectivity index (χ1v) is 5.66. The molecule has 0 fully saturated rings. The lowest BCUT2D eigenvalue weighted by atomic mass is 10.1. The highest BCUT2D eigenvalue weighted by Gasteiger charge is 2.22. The van der Waals surface area contributed by atoms with Gasteiger partial charge < -0.3 is 14.9 Å². The standard InChI is InChI=1S/C14H12O5/c15-13(16)8-12(14(17)18)19-11-6-5-9-3-1-2-4-10(9)7-11/h1-7,12H,8H2,(H,15,16)(H,17,18). The Morgan fingerprint density at radius 3 is 2.37 bits per heavy atom. The van der Waals surface area contributed by atoms with Crippen LogP contribution in [0, 0.1) is 0 Å². The van der Waals surface area contributed by atoms with Crippen molar-refractivity contribution in [2.75, 3.05) is 0 Å². The Bertz CT molecular complexity index is 620. The number of ether oxygens (including phenoxy) is 1. The van der Waals surface area contributed by atoms with Crippen LogP contribution in [0.25, 0.3) is 10.8 Å². The first kappa shape index (κ1) is 12.9. The average molecular weight is 260 g/mol. The summed E-state index contributed by atoms with van der Waals surface area (Å²) in [7, 11) is 0. The third-order valence-electron chi connectivity index (χ3n) is 2.63. The number of carboxylic acid groups (broad SMARTS) is 2. The van der Waals surface area contributed by atoms with Crippen LogP contribution >= 0.6 is 0 Å². The highest BCUT2D eigenvalue weighted by Crippen LogP contribution is 2.22. The second-order valence-electron chi connectivity index (χ2n) is 4.05. The van der Waals surface area contributed by atoms with E-state index in [1.165, 1.54) is 0 Å². The van der Waals surface area contributed by atoms with Gasteiger partial charge in [0.1, 0.15) is 5.75 Å². The molecule has 2 aromatic rings. The summed E-state index contributed by atoms with van der Waals surface area (Å²) in [6, 6.07) is 12.7. The van der Waals surface area contributed by atoms with E-state index in [4.69, 9.17) is 14.9 Å². The molecule has 0 radical (unpaired) electrons. The molecule has 98 valence electrons. The van der Waals surface area contributed by atoms with Crippen molar-refractivity contribution in [2.24, 2.45) is 0 Å². The summed E-state index contributed by atoms with van der Waals surface area (Å²) >= 11 is 0. The maximum Gasteiger partial charge on any atom is 0.345 e. The quantitative estimate of drug-likeness (QED) is 0.860. The summed E-state index contributed by atoms with van der Waals surface area (Å²) in [6.07, 6.45) is -1.97. The summed E-state index contributed by atoms with van der Waals surface area (Å²) in [5.74, 6) is -2.17. The maximum atomic E-state index is 10.9. The number of carboxylic acids is 2. The average Bonchev–Trinajstić information content (AvgIpc) is 2.37. The Labute approximate surface area is 109 Å². The monoisotopic (exact) mass is 260 g/mol. The van der Waals surface area contributed by atoms with Crippen LogP contribution in [0.1, 0.15) is 6.42 Å². The smallest absolute Gasteiger partial charge is 0.345 e. The molecule has 0 saturated heterocycles. The van der Waals surface area contributed by atoms with E-state index in [0.717, 1.165) is 10.8 Å². The fraction of sp³-hybridized carbons (Fsp3) is 0.143. The Balaban J connectivity index is 2.23. The molecule has 5 nitrogen and oxygen atoms in total. The van der Waals surface area contributed by atoms with Gasteiger partial charge in [0.15, 0.2) is 0 Å². The molecule has 0 amide bonds. The molecular weight excluding hydrogens is 248 g/mol. The molecule has 19 heavy (non-hydrogen) atoms. The fourth-order valence-electron chi connectivity index (χ4n) is 1.74. The van der Waals surface area contributed by atoms with Crippen molar-refractivity contribution in [3.05, 3.63) is 42.5 Å². The summed E-state index contributed by atoms with van der Waals surface area (Å²) < 4.78 is 5.21. The molecule has 5 heteroatoms. The van der Waals surface area contributed by atoms with Gasteiger partial charge in [-0.3, -0.25) is 4.79 Å². The van der Waals surface area contributed by atoms with Crippen LogP contribution in [0.4, 0.5) is 0 Å². The summed E-state index contributed by atoms with van der Waals surface area (Å²) in [4.78, 5) is 21.5. The number of aliphatic carboxylic acids is 2. The van der Waals surface area contributed by atoms with Crippen LogP contribution in [0.5, 0.6) is 5.75 Å². The van der Waals surface area contributed by atoms with E-state index in [9.17, 15) is 9.59 Å². The van der Waals surface area contributed by atoms with Gasteiger partial charge in [-0.05, 0) is 22.9 Å². The van der Waals surface area contributed by atoms with Crippen LogP contribution in [-0.2, 0) is 9.59 Å². The van der Waals surface area contributed by atoms with Gasteiger partial charge in [0, 0.05) is 0 Å². The van der Waals surface area contributed by atoms with E-state index in [-0.39, 0.29) is 0 Å². The third kappa shape index (κ3) is 3.22. The van der Waals surface area contributed by atoms with Crippen LogP contribution in [0.3, 0.4) is 0 Å². The molecule has 1 unspecified atom stereocenters. The van der Waals surface area contributed by atoms with Gasteiger partial charge in [0.25, 0.3) is 0 Å². The number of benzene rings is 2. The molecule has 0 aromatic heterocycles. The zero-order chi connectivity index (χ0) is 13.8. The minimum absolute atomic E-state index is 0.340. The molecular formula is C14H12O5. The predicted octanol–water partition coefficient (Wildman–Crippen LogP) is 2.15. The minimum atomic E-state index is -1.39. The minimum Gasteiger partial charge on any atom is -0.481 e. The molecule has 0 spiro atoms. The van der Waals surface area contributed by atoms with E-state index >= 15 is 0 Å². The van der Waals surface area contributed by atoms with E-state index in [2.05, 4.69) is 0 Å². The van der Waals surface area contributed by atoms with Crippen LogP contribution in [0.15, 0.2) is 42.5 Å². The molecule has 0 aliphatic rings. The lowest BCUT2D eigenvalue weighted by molar-refractivity contribution is -0.151. The molecule has 0 aliphatic heterocycles. The van der Waals surface area contributed by atoms with Crippen molar-refractivity contribution in [1.82, 2.24) is 0 Å². The Morgan fingerprint density at radius 1 is 1.05 bits per heavy atom. The van der Waals surface area contributed by atoms with Gasteiger partial charge in [0.05, 0.1) is 6.42 Å². The van der Waals surface area contributed by atoms with Gasteiger partial charge in [0.2, 0.25) is 6.10 Å². The Hall–Kier alpha value is -2.56.